The van der Waals surface area contributed by atoms with E-state index in [0.29, 0.717) is 12.8 Å². The van der Waals surface area contributed by atoms with E-state index in [-0.39, 0.29) is 12.4 Å². The predicted molar refractivity (Wildman–Crippen MR) is 61.1 cm³/mol. The number of halogens is 2. The maximum Gasteiger partial charge on any atom is 0.190 e. The van der Waals surface area contributed by atoms with Gasteiger partial charge in [0.05, 0.1) is 6.61 Å². The van der Waals surface area contributed by atoms with Crippen molar-refractivity contribution < 1.29 is 13.5 Å². The van der Waals surface area contributed by atoms with Gasteiger partial charge in [-0.2, -0.15) is 0 Å². The van der Waals surface area contributed by atoms with E-state index in [1.54, 1.807) is 6.08 Å². The zero-order valence-corrected chi connectivity index (χ0v) is 9.59. The van der Waals surface area contributed by atoms with Gasteiger partial charge in [-0.3, -0.25) is 0 Å². The Balaban J connectivity index is 2.57. The summed E-state index contributed by atoms with van der Waals surface area (Å²) in [6.07, 6.45) is 7.10. The lowest BCUT2D eigenvalue weighted by Crippen LogP contribution is -1.97. The fourth-order valence-corrected chi connectivity index (χ4v) is 1.27. The maximum absolute atomic E-state index is 13.3. The molecule has 1 aliphatic carbocycles. The third kappa shape index (κ3) is 4.01. The van der Waals surface area contributed by atoms with Crippen LogP contribution in [-0.2, 0) is 4.74 Å². The highest BCUT2D eigenvalue weighted by atomic mass is 19.1. The molecule has 1 rings (SSSR count). The molecule has 0 N–H and O–H groups in total. The summed E-state index contributed by atoms with van der Waals surface area (Å²) >= 11 is 0. The molecule has 0 spiro atoms. The molecule has 88 valence electrons. The number of ether oxygens (including phenoxy) is 1. The summed E-state index contributed by atoms with van der Waals surface area (Å²) in [7, 11) is 0. The lowest BCUT2D eigenvalue weighted by atomic mass is 10.3. The second kappa shape index (κ2) is 6.26. The normalized spacial score (nSPS) is 15.6. The highest BCUT2D eigenvalue weighted by Gasteiger charge is 2.13. The molecule has 0 aromatic rings. The first-order valence-corrected chi connectivity index (χ1v) is 5.29. The molecule has 0 aliphatic heterocycles. The van der Waals surface area contributed by atoms with Crippen LogP contribution in [0.15, 0.2) is 47.3 Å². The van der Waals surface area contributed by atoms with E-state index in [4.69, 9.17) is 4.74 Å². The summed E-state index contributed by atoms with van der Waals surface area (Å²) in [5.74, 6) is -1.56. The first kappa shape index (κ1) is 12.7. The SMILES string of the molecule is CC(C)=CCCOC1=C(F)C=CCC=C1F. The molecule has 0 atom stereocenters. The monoisotopic (exact) mass is 226 g/mol. The summed E-state index contributed by atoms with van der Waals surface area (Å²) in [5.41, 5.74) is 1.16. The molecule has 1 nitrogen and oxygen atoms in total. The van der Waals surface area contributed by atoms with E-state index in [1.165, 1.54) is 12.2 Å². The van der Waals surface area contributed by atoms with Crippen molar-refractivity contribution in [3.8, 4) is 0 Å². The molecule has 0 amide bonds. The topological polar surface area (TPSA) is 9.23 Å². The molecular formula is C13H16F2O. The van der Waals surface area contributed by atoms with Crippen LogP contribution in [0, 0.1) is 0 Å². The number of allylic oxidation sites excluding steroid dienone is 6. The molecule has 0 aromatic heterocycles. The van der Waals surface area contributed by atoms with Gasteiger partial charge in [0.1, 0.15) is 0 Å². The van der Waals surface area contributed by atoms with Crippen LogP contribution in [0.3, 0.4) is 0 Å². The van der Waals surface area contributed by atoms with E-state index in [9.17, 15) is 8.78 Å². The van der Waals surface area contributed by atoms with E-state index in [1.807, 2.05) is 19.9 Å². The molecule has 0 heterocycles. The summed E-state index contributed by atoms with van der Waals surface area (Å²) in [6.45, 7) is 4.21. The van der Waals surface area contributed by atoms with Crippen molar-refractivity contribution in [1.29, 1.82) is 0 Å². The quantitative estimate of drug-likeness (QED) is 0.511. The zero-order valence-electron chi connectivity index (χ0n) is 9.59. The van der Waals surface area contributed by atoms with Gasteiger partial charge in [-0.15, -0.1) is 0 Å². The van der Waals surface area contributed by atoms with Crippen LogP contribution in [0.25, 0.3) is 0 Å². The van der Waals surface area contributed by atoms with E-state index in [2.05, 4.69) is 0 Å². The van der Waals surface area contributed by atoms with Gasteiger partial charge in [0.2, 0.25) is 0 Å². The first-order chi connectivity index (χ1) is 7.61. The van der Waals surface area contributed by atoms with Gasteiger partial charge in [0.25, 0.3) is 0 Å². The Morgan fingerprint density at radius 3 is 2.88 bits per heavy atom. The smallest absolute Gasteiger partial charge is 0.190 e. The van der Waals surface area contributed by atoms with Gasteiger partial charge in [0, 0.05) is 0 Å². The standard InChI is InChI=1S/C13H16F2O/c1-10(2)6-5-9-16-13-11(14)7-3-4-8-12(13)15/h3,6-8H,4-5,9H2,1-2H3. The molecule has 0 fully saturated rings. The van der Waals surface area contributed by atoms with Gasteiger partial charge in [-0.05, 0) is 38.8 Å². The van der Waals surface area contributed by atoms with Crippen LogP contribution in [0.1, 0.15) is 26.7 Å². The Labute approximate surface area is 94.8 Å². The third-order valence-electron chi connectivity index (χ3n) is 2.05. The zero-order chi connectivity index (χ0) is 12.0. The Kier molecular flexibility index (Phi) is 4.96. The second-order valence-electron chi connectivity index (χ2n) is 3.79. The van der Waals surface area contributed by atoms with Crippen molar-refractivity contribution in [2.75, 3.05) is 6.61 Å². The minimum absolute atomic E-state index is 0.281. The van der Waals surface area contributed by atoms with Gasteiger partial charge >= 0.3 is 0 Å². The van der Waals surface area contributed by atoms with Gasteiger partial charge in [-0.1, -0.05) is 17.7 Å². The minimum Gasteiger partial charge on any atom is -0.487 e. The van der Waals surface area contributed by atoms with Crippen LogP contribution in [0.2, 0.25) is 0 Å². The van der Waals surface area contributed by atoms with Crippen molar-refractivity contribution >= 4 is 0 Å². The van der Waals surface area contributed by atoms with Crippen LogP contribution in [0.4, 0.5) is 8.78 Å². The molecule has 16 heavy (non-hydrogen) atoms. The fraction of sp³-hybridized carbons (Fsp3) is 0.385. The van der Waals surface area contributed by atoms with Gasteiger partial charge in [0.15, 0.2) is 17.4 Å². The Morgan fingerprint density at radius 1 is 1.44 bits per heavy atom. The first-order valence-electron chi connectivity index (χ1n) is 5.29. The molecule has 1 aliphatic rings. The molecule has 0 saturated heterocycles. The van der Waals surface area contributed by atoms with Crippen LogP contribution in [0.5, 0.6) is 0 Å². The molecule has 0 aromatic carbocycles. The molecule has 0 unspecified atom stereocenters. The van der Waals surface area contributed by atoms with Crippen molar-refractivity contribution in [1.82, 2.24) is 0 Å². The summed E-state index contributed by atoms with van der Waals surface area (Å²) in [4.78, 5) is 0. The molecule has 3 heteroatoms. The van der Waals surface area contributed by atoms with Gasteiger partial charge < -0.3 is 4.74 Å². The summed E-state index contributed by atoms with van der Waals surface area (Å²) < 4.78 is 31.7. The second-order valence-corrected chi connectivity index (χ2v) is 3.79. The number of rotatable bonds is 4. The Hall–Kier alpha value is -1.38. The highest BCUT2D eigenvalue weighted by molar-refractivity contribution is 5.31. The maximum atomic E-state index is 13.3. The highest BCUT2D eigenvalue weighted by Crippen LogP contribution is 2.23. The van der Waals surface area contributed by atoms with E-state index < -0.39 is 11.7 Å². The Bertz CT molecular complexity index is 358. The molecular weight excluding hydrogens is 210 g/mol. The van der Waals surface area contributed by atoms with Gasteiger partial charge in [-0.25, -0.2) is 8.78 Å². The van der Waals surface area contributed by atoms with Crippen molar-refractivity contribution in [3.63, 3.8) is 0 Å². The number of hydrogen-bond acceptors (Lipinski definition) is 1. The third-order valence-corrected chi connectivity index (χ3v) is 2.05. The van der Waals surface area contributed by atoms with Crippen LogP contribution in [-0.4, -0.2) is 6.61 Å². The summed E-state index contributed by atoms with van der Waals surface area (Å²) in [6, 6.07) is 0. The predicted octanol–water partition coefficient (Wildman–Crippen LogP) is 4.35. The average Bonchev–Trinajstić information content (AvgIpc) is 2.37. The lowest BCUT2D eigenvalue weighted by Gasteiger charge is -2.07. The number of hydrogen-bond donors (Lipinski definition) is 0. The average molecular weight is 226 g/mol. The minimum atomic E-state index is -0.650. The van der Waals surface area contributed by atoms with Crippen molar-refractivity contribution in [2.24, 2.45) is 0 Å². The van der Waals surface area contributed by atoms with Crippen molar-refractivity contribution in [2.45, 2.75) is 26.7 Å². The molecule has 0 bridgehead atoms. The van der Waals surface area contributed by atoms with E-state index in [0.717, 1.165) is 5.57 Å². The fourth-order valence-electron chi connectivity index (χ4n) is 1.27. The van der Waals surface area contributed by atoms with Crippen LogP contribution >= 0.6 is 0 Å². The summed E-state index contributed by atoms with van der Waals surface area (Å²) in [5, 5.41) is 0. The van der Waals surface area contributed by atoms with Crippen molar-refractivity contribution in [3.05, 3.63) is 47.3 Å². The lowest BCUT2D eigenvalue weighted by molar-refractivity contribution is 0.204. The van der Waals surface area contributed by atoms with Crippen LogP contribution < -0.4 is 0 Å². The molecule has 0 saturated carbocycles. The molecule has 0 radical (unpaired) electrons. The largest absolute Gasteiger partial charge is 0.487 e. The Morgan fingerprint density at radius 2 is 2.19 bits per heavy atom. The van der Waals surface area contributed by atoms with E-state index >= 15 is 0 Å².